The predicted octanol–water partition coefficient (Wildman–Crippen LogP) is 3.79. The first-order chi connectivity index (χ1) is 12.2. The molecule has 3 rings (SSSR count). The first-order valence-electron chi connectivity index (χ1n) is 8.83. The summed E-state index contributed by atoms with van der Waals surface area (Å²) in [5.74, 6) is 0.0844. The van der Waals surface area contributed by atoms with Gasteiger partial charge in [0, 0.05) is 6.04 Å². The average molecular weight is 339 g/mol. The van der Waals surface area contributed by atoms with E-state index in [1.807, 2.05) is 48.5 Å². The highest BCUT2D eigenvalue weighted by atomic mass is 16.5. The topological polar surface area (TPSA) is 58.6 Å². The summed E-state index contributed by atoms with van der Waals surface area (Å²) in [6, 6.07) is 17.8. The number of methoxy groups -OCH3 is 1. The van der Waals surface area contributed by atoms with E-state index in [2.05, 4.69) is 11.4 Å². The molecule has 1 saturated heterocycles. The van der Waals surface area contributed by atoms with Crippen LogP contribution in [0.5, 0.6) is 5.75 Å². The van der Waals surface area contributed by atoms with E-state index >= 15 is 0 Å². The highest BCUT2D eigenvalue weighted by Crippen LogP contribution is 2.36. The third kappa shape index (κ3) is 4.20. The van der Waals surface area contributed by atoms with Crippen LogP contribution in [0.25, 0.3) is 0 Å². The predicted molar refractivity (Wildman–Crippen MR) is 98.2 cm³/mol. The third-order valence-corrected chi connectivity index (χ3v) is 5.09. The Hall–Kier alpha value is -2.33. The van der Waals surface area contributed by atoms with E-state index in [1.54, 1.807) is 7.11 Å². The van der Waals surface area contributed by atoms with Crippen molar-refractivity contribution in [3.8, 4) is 5.75 Å². The molecular formula is C21H25NO3. The van der Waals surface area contributed by atoms with Gasteiger partial charge in [0.25, 0.3) is 0 Å². The van der Waals surface area contributed by atoms with Gasteiger partial charge in [-0.15, -0.1) is 0 Å². The maximum Gasteiger partial charge on any atom is 0.311 e. The summed E-state index contributed by atoms with van der Waals surface area (Å²) in [4.78, 5) is 11.8. The van der Waals surface area contributed by atoms with Crippen molar-refractivity contribution in [3.05, 3.63) is 65.7 Å². The summed E-state index contributed by atoms with van der Waals surface area (Å²) in [5, 5.41) is 13.2. The van der Waals surface area contributed by atoms with Crippen LogP contribution in [0.1, 0.15) is 42.2 Å². The highest BCUT2D eigenvalue weighted by Gasteiger charge is 2.29. The average Bonchev–Trinajstić information content (AvgIpc) is 2.66. The fourth-order valence-corrected chi connectivity index (χ4v) is 3.82. The molecule has 0 saturated carbocycles. The van der Waals surface area contributed by atoms with E-state index in [-0.39, 0.29) is 6.04 Å². The van der Waals surface area contributed by atoms with Crippen LogP contribution in [0.15, 0.2) is 54.6 Å². The number of aliphatic carboxylic acids is 1. The number of carboxylic acid groups (broad SMARTS) is 1. The lowest BCUT2D eigenvalue weighted by Crippen LogP contribution is -2.39. The van der Waals surface area contributed by atoms with Crippen molar-refractivity contribution in [2.45, 2.75) is 37.1 Å². The van der Waals surface area contributed by atoms with Crippen molar-refractivity contribution >= 4 is 5.97 Å². The van der Waals surface area contributed by atoms with E-state index in [1.165, 1.54) is 5.56 Å². The standard InChI is InChI=1S/C21H25NO3/c1-25-20-10-6-5-9-18(20)16-11-12-22-17(13-16)14-19(21(23)24)15-7-3-2-4-8-15/h2-10,16-17,19,22H,11-14H2,1H3,(H,23,24). The Morgan fingerprint density at radius 1 is 1.20 bits per heavy atom. The summed E-state index contributed by atoms with van der Waals surface area (Å²) < 4.78 is 5.51. The van der Waals surface area contributed by atoms with Crippen LogP contribution in [-0.4, -0.2) is 30.8 Å². The minimum Gasteiger partial charge on any atom is -0.496 e. The Bertz CT molecular complexity index is 701. The molecule has 132 valence electrons. The number of benzene rings is 2. The maximum atomic E-state index is 11.8. The molecule has 4 nitrogen and oxygen atoms in total. The Labute approximate surface area is 148 Å². The Balaban J connectivity index is 1.73. The molecule has 2 aromatic carbocycles. The highest BCUT2D eigenvalue weighted by molar-refractivity contribution is 5.76. The van der Waals surface area contributed by atoms with E-state index < -0.39 is 11.9 Å². The second kappa shape index (κ2) is 8.17. The number of hydrogen-bond donors (Lipinski definition) is 2. The van der Waals surface area contributed by atoms with Crippen LogP contribution in [-0.2, 0) is 4.79 Å². The number of rotatable bonds is 6. The van der Waals surface area contributed by atoms with Gasteiger partial charge in [0.05, 0.1) is 13.0 Å². The van der Waals surface area contributed by atoms with Gasteiger partial charge in [-0.25, -0.2) is 0 Å². The van der Waals surface area contributed by atoms with Gasteiger partial charge in [-0.2, -0.15) is 0 Å². The molecule has 3 unspecified atom stereocenters. The van der Waals surface area contributed by atoms with Crippen LogP contribution >= 0.6 is 0 Å². The number of hydrogen-bond acceptors (Lipinski definition) is 3. The largest absolute Gasteiger partial charge is 0.496 e. The number of para-hydroxylation sites is 1. The molecule has 0 amide bonds. The molecule has 0 bridgehead atoms. The van der Waals surface area contributed by atoms with Gasteiger partial charge in [0.1, 0.15) is 5.75 Å². The maximum absolute atomic E-state index is 11.8. The lowest BCUT2D eigenvalue weighted by Gasteiger charge is -2.32. The first-order valence-corrected chi connectivity index (χ1v) is 8.83. The molecule has 0 aromatic heterocycles. The van der Waals surface area contributed by atoms with Gasteiger partial charge in [-0.05, 0) is 48.9 Å². The fourth-order valence-electron chi connectivity index (χ4n) is 3.82. The fraction of sp³-hybridized carbons (Fsp3) is 0.381. The molecule has 4 heteroatoms. The molecule has 1 heterocycles. The van der Waals surface area contributed by atoms with Crippen molar-refractivity contribution < 1.29 is 14.6 Å². The lowest BCUT2D eigenvalue weighted by molar-refractivity contribution is -0.139. The van der Waals surface area contributed by atoms with E-state index in [0.717, 1.165) is 30.7 Å². The van der Waals surface area contributed by atoms with Crippen LogP contribution in [0, 0.1) is 0 Å². The molecule has 1 fully saturated rings. The van der Waals surface area contributed by atoms with Gasteiger partial charge in [-0.3, -0.25) is 4.79 Å². The minimum atomic E-state index is -0.757. The molecule has 25 heavy (non-hydrogen) atoms. The van der Waals surface area contributed by atoms with E-state index in [4.69, 9.17) is 4.74 Å². The Morgan fingerprint density at radius 3 is 2.64 bits per heavy atom. The third-order valence-electron chi connectivity index (χ3n) is 5.09. The second-order valence-corrected chi connectivity index (χ2v) is 6.65. The van der Waals surface area contributed by atoms with Crippen molar-refractivity contribution in [2.24, 2.45) is 0 Å². The summed E-state index contributed by atoms with van der Waals surface area (Å²) in [5.41, 5.74) is 2.10. The van der Waals surface area contributed by atoms with Crippen molar-refractivity contribution in [1.82, 2.24) is 5.32 Å². The van der Waals surface area contributed by atoms with Gasteiger partial charge in [0.15, 0.2) is 0 Å². The molecule has 1 aliphatic rings. The molecule has 3 atom stereocenters. The smallest absolute Gasteiger partial charge is 0.311 e. The number of nitrogens with one attached hydrogen (secondary N) is 1. The summed E-state index contributed by atoms with van der Waals surface area (Å²) in [6.45, 7) is 0.897. The Kier molecular flexibility index (Phi) is 5.71. The lowest BCUT2D eigenvalue weighted by atomic mass is 9.81. The first kappa shape index (κ1) is 17.5. The number of piperidine rings is 1. The van der Waals surface area contributed by atoms with Gasteiger partial charge < -0.3 is 15.2 Å². The van der Waals surface area contributed by atoms with Crippen molar-refractivity contribution in [2.75, 3.05) is 13.7 Å². The number of carboxylic acids is 1. The molecule has 2 N–H and O–H groups in total. The zero-order chi connectivity index (χ0) is 17.6. The van der Waals surface area contributed by atoms with Crippen molar-refractivity contribution in [3.63, 3.8) is 0 Å². The minimum absolute atomic E-state index is 0.185. The summed E-state index contributed by atoms with van der Waals surface area (Å²) >= 11 is 0. The van der Waals surface area contributed by atoms with Gasteiger partial charge in [-0.1, -0.05) is 48.5 Å². The molecule has 0 radical (unpaired) electrons. The summed E-state index contributed by atoms with van der Waals surface area (Å²) in [6.07, 6.45) is 2.57. The van der Waals surface area contributed by atoms with Crippen LogP contribution in [0.2, 0.25) is 0 Å². The SMILES string of the molecule is COc1ccccc1C1CCNC(CC(C(=O)O)c2ccccc2)C1. The van der Waals surface area contributed by atoms with Crippen LogP contribution in [0.3, 0.4) is 0 Å². The molecular weight excluding hydrogens is 314 g/mol. The van der Waals surface area contributed by atoms with E-state index in [0.29, 0.717) is 12.3 Å². The molecule has 0 spiro atoms. The zero-order valence-corrected chi connectivity index (χ0v) is 14.5. The quantitative estimate of drug-likeness (QED) is 0.841. The summed E-state index contributed by atoms with van der Waals surface area (Å²) in [7, 11) is 1.70. The number of ether oxygens (including phenoxy) is 1. The van der Waals surface area contributed by atoms with Crippen LogP contribution in [0.4, 0.5) is 0 Å². The molecule has 2 aromatic rings. The van der Waals surface area contributed by atoms with Gasteiger partial charge >= 0.3 is 5.97 Å². The van der Waals surface area contributed by atoms with Gasteiger partial charge in [0.2, 0.25) is 0 Å². The normalized spacial score (nSPS) is 21.5. The molecule has 1 aliphatic heterocycles. The second-order valence-electron chi connectivity index (χ2n) is 6.65. The van der Waals surface area contributed by atoms with E-state index in [9.17, 15) is 9.90 Å². The number of carbonyl (C=O) groups is 1. The molecule has 0 aliphatic carbocycles. The zero-order valence-electron chi connectivity index (χ0n) is 14.5. The monoisotopic (exact) mass is 339 g/mol. The Morgan fingerprint density at radius 2 is 1.92 bits per heavy atom. The van der Waals surface area contributed by atoms with Crippen molar-refractivity contribution in [1.29, 1.82) is 0 Å². The van der Waals surface area contributed by atoms with Crippen LogP contribution < -0.4 is 10.1 Å².